The Kier molecular flexibility index (Phi) is 4.06. The number of nitrogens with zero attached hydrogens (tertiary/aromatic N) is 1. The van der Waals surface area contributed by atoms with Crippen molar-refractivity contribution in [2.24, 2.45) is 0 Å². The van der Waals surface area contributed by atoms with Crippen LogP contribution in [-0.2, 0) is 6.42 Å². The molecule has 1 aromatic rings. The van der Waals surface area contributed by atoms with E-state index < -0.39 is 0 Å². The van der Waals surface area contributed by atoms with Crippen LogP contribution >= 0.6 is 0 Å². The molecule has 4 heteroatoms. The molecule has 96 valence electrons. The largest absolute Gasteiger partial charge is 0.398 e. The van der Waals surface area contributed by atoms with E-state index in [4.69, 9.17) is 11.0 Å². The Balaban J connectivity index is 2.09. The van der Waals surface area contributed by atoms with Crippen molar-refractivity contribution in [3.63, 3.8) is 0 Å². The number of aliphatic hydroxyl groups excluding tert-OH is 1. The highest BCUT2D eigenvalue weighted by molar-refractivity contribution is 5.58. The number of rotatable bonds is 3. The first-order valence-corrected chi connectivity index (χ1v) is 6.40. The Morgan fingerprint density at radius 3 is 2.89 bits per heavy atom. The summed E-state index contributed by atoms with van der Waals surface area (Å²) in [4.78, 5) is 0. The van der Waals surface area contributed by atoms with Gasteiger partial charge in [0.15, 0.2) is 0 Å². The maximum absolute atomic E-state index is 9.92. The lowest BCUT2D eigenvalue weighted by Gasteiger charge is -2.29. The SMILES string of the molecule is N#CCc1cc(NC2CCCCC2O)ccc1N. The van der Waals surface area contributed by atoms with E-state index in [2.05, 4.69) is 11.4 Å². The van der Waals surface area contributed by atoms with Gasteiger partial charge in [-0.05, 0) is 36.6 Å². The van der Waals surface area contributed by atoms with E-state index in [1.54, 1.807) is 0 Å². The molecule has 4 N–H and O–H groups in total. The van der Waals surface area contributed by atoms with E-state index in [1.807, 2.05) is 18.2 Å². The first-order valence-electron chi connectivity index (χ1n) is 6.40. The number of nitrogens with two attached hydrogens (primary N) is 1. The van der Waals surface area contributed by atoms with Crippen molar-refractivity contribution in [2.45, 2.75) is 44.2 Å². The summed E-state index contributed by atoms with van der Waals surface area (Å²) in [6, 6.07) is 7.83. The van der Waals surface area contributed by atoms with Gasteiger partial charge in [0.1, 0.15) is 0 Å². The Hall–Kier alpha value is -1.73. The molecule has 0 amide bonds. The van der Waals surface area contributed by atoms with Crippen molar-refractivity contribution >= 4 is 11.4 Å². The summed E-state index contributed by atoms with van der Waals surface area (Å²) >= 11 is 0. The lowest BCUT2D eigenvalue weighted by molar-refractivity contribution is 0.116. The van der Waals surface area contributed by atoms with Gasteiger partial charge in [-0.1, -0.05) is 12.8 Å². The van der Waals surface area contributed by atoms with Crippen LogP contribution in [0.25, 0.3) is 0 Å². The van der Waals surface area contributed by atoms with E-state index in [9.17, 15) is 5.11 Å². The minimum Gasteiger partial charge on any atom is -0.398 e. The Morgan fingerprint density at radius 2 is 2.17 bits per heavy atom. The first kappa shape index (κ1) is 12.7. The molecular weight excluding hydrogens is 226 g/mol. The Labute approximate surface area is 107 Å². The predicted octanol–water partition coefficient (Wildman–Crippen LogP) is 2.05. The van der Waals surface area contributed by atoms with Crippen LogP contribution in [0.5, 0.6) is 0 Å². The fourth-order valence-corrected chi connectivity index (χ4v) is 2.43. The van der Waals surface area contributed by atoms with Crippen molar-refractivity contribution in [1.82, 2.24) is 0 Å². The van der Waals surface area contributed by atoms with Crippen LogP contribution in [0.4, 0.5) is 11.4 Å². The molecule has 0 saturated heterocycles. The average molecular weight is 245 g/mol. The summed E-state index contributed by atoms with van der Waals surface area (Å²) in [5, 5.41) is 22.0. The molecule has 0 aliphatic heterocycles. The van der Waals surface area contributed by atoms with Gasteiger partial charge in [0.05, 0.1) is 24.6 Å². The Morgan fingerprint density at radius 1 is 1.39 bits per heavy atom. The van der Waals surface area contributed by atoms with Gasteiger partial charge >= 0.3 is 0 Å². The summed E-state index contributed by atoms with van der Waals surface area (Å²) in [5.41, 5.74) is 8.22. The molecule has 0 spiro atoms. The molecule has 0 radical (unpaired) electrons. The van der Waals surface area contributed by atoms with Crippen LogP contribution in [0.15, 0.2) is 18.2 Å². The van der Waals surface area contributed by atoms with Crippen LogP contribution in [0.2, 0.25) is 0 Å². The number of hydrogen-bond acceptors (Lipinski definition) is 4. The third-order valence-electron chi connectivity index (χ3n) is 3.49. The minimum absolute atomic E-state index is 0.109. The zero-order valence-electron chi connectivity index (χ0n) is 10.4. The molecule has 1 aliphatic carbocycles. The number of nitrogens with one attached hydrogen (secondary N) is 1. The van der Waals surface area contributed by atoms with Gasteiger partial charge in [0, 0.05) is 11.4 Å². The molecule has 2 atom stereocenters. The second kappa shape index (κ2) is 5.74. The van der Waals surface area contributed by atoms with Gasteiger partial charge in [-0.25, -0.2) is 0 Å². The fourth-order valence-electron chi connectivity index (χ4n) is 2.43. The number of hydrogen-bond donors (Lipinski definition) is 3. The summed E-state index contributed by atoms with van der Waals surface area (Å²) in [7, 11) is 0. The highest BCUT2D eigenvalue weighted by atomic mass is 16.3. The second-order valence-corrected chi connectivity index (χ2v) is 4.85. The number of nitrogen functional groups attached to an aromatic ring is 1. The van der Waals surface area contributed by atoms with Crippen molar-refractivity contribution in [1.29, 1.82) is 5.26 Å². The van der Waals surface area contributed by atoms with Crippen LogP contribution < -0.4 is 11.1 Å². The highest BCUT2D eigenvalue weighted by Gasteiger charge is 2.22. The Bertz CT molecular complexity index is 453. The van der Waals surface area contributed by atoms with Crippen LogP contribution in [0.1, 0.15) is 31.2 Å². The van der Waals surface area contributed by atoms with Gasteiger partial charge in [-0.2, -0.15) is 5.26 Å². The molecule has 0 bridgehead atoms. The lowest BCUT2D eigenvalue weighted by Crippen LogP contribution is -2.36. The third kappa shape index (κ3) is 2.93. The molecule has 4 nitrogen and oxygen atoms in total. The van der Waals surface area contributed by atoms with Gasteiger partial charge in [-0.15, -0.1) is 0 Å². The molecule has 0 heterocycles. The van der Waals surface area contributed by atoms with Crippen LogP contribution in [0.3, 0.4) is 0 Å². The standard InChI is InChI=1S/C14H19N3O/c15-8-7-10-9-11(5-6-12(10)16)17-13-3-1-2-4-14(13)18/h5-6,9,13-14,17-18H,1-4,7,16H2. The zero-order chi connectivity index (χ0) is 13.0. The maximum Gasteiger partial charge on any atom is 0.0741 e. The quantitative estimate of drug-likeness (QED) is 0.712. The predicted molar refractivity (Wildman–Crippen MR) is 72.1 cm³/mol. The second-order valence-electron chi connectivity index (χ2n) is 4.85. The van der Waals surface area contributed by atoms with E-state index in [0.29, 0.717) is 12.1 Å². The maximum atomic E-state index is 9.92. The normalized spacial score (nSPS) is 23.3. The van der Waals surface area contributed by atoms with E-state index >= 15 is 0 Å². The van der Waals surface area contributed by atoms with Crippen molar-refractivity contribution < 1.29 is 5.11 Å². The average Bonchev–Trinajstić information content (AvgIpc) is 2.36. The summed E-state index contributed by atoms with van der Waals surface area (Å²) in [5.74, 6) is 0. The summed E-state index contributed by atoms with van der Waals surface area (Å²) < 4.78 is 0. The summed E-state index contributed by atoms with van der Waals surface area (Å²) in [6.45, 7) is 0. The van der Waals surface area contributed by atoms with Gasteiger partial charge < -0.3 is 16.2 Å². The van der Waals surface area contributed by atoms with Gasteiger partial charge in [0.25, 0.3) is 0 Å². The van der Waals surface area contributed by atoms with Gasteiger partial charge in [-0.3, -0.25) is 0 Å². The van der Waals surface area contributed by atoms with Crippen LogP contribution in [0, 0.1) is 11.3 Å². The zero-order valence-corrected chi connectivity index (χ0v) is 10.4. The molecule has 1 saturated carbocycles. The summed E-state index contributed by atoms with van der Waals surface area (Å²) in [6.07, 6.45) is 4.12. The molecule has 1 aliphatic rings. The van der Waals surface area contributed by atoms with Crippen molar-refractivity contribution in [3.05, 3.63) is 23.8 Å². The van der Waals surface area contributed by atoms with E-state index in [-0.39, 0.29) is 12.1 Å². The molecular formula is C14H19N3O. The molecule has 1 fully saturated rings. The fraction of sp³-hybridized carbons (Fsp3) is 0.500. The molecule has 0 aromatic heterocycles. The molecule has 2 unspecified atom stereocenters. The molecule has 1 aromatic carbocycles. The van der Waals surface area contributed by atoms with E-state index in [0.717, 1.165) is 36.9 Å². The minimum atomic E-state index is -0.282. The van der Waals surface area contributed by atoms with E-state index in [1.165, 1.54) is 0 Å². The monoisotopic (exact) mass is 245 g/mol. The first-order chi connectivity index (χ1) is 8.70. The smallest absolute Gasteiger partial charge is 0.0741 e. The third-order valence-corrected chi connectivity index (χ3v) is 3.49. The highest BCUT2D eigenvalue weighted by Crippen LogP contribution is 2.24. The number of nitriles is 1. The van der Waals surface area contributed by atoms with Crippen molar-refractivity contribution in [2.75, 3.05) is 11.1 Å². The van der Waals surface area contributed by atoms with Crippen molar-refractivity contribution in [3.8, 4) is 6.07 Å². The number of anilines is 2. The molecule has 18 heavy (non-hydrogen) atoms. The van der Waals surface area contributed by atoms with Gasteiger partial charge in [0.2, 0.25) is 0 Å². The topological polar surface area (TPSA) is 82.1 Å². The van der Waals surface area contributed by atoms with Crippen LogP contribution in [-0.4, -0.2) is 17.3 Å². The molecule has 2 rings (SSSR count). The number of benzene rings is 1. The lowest BCUT2D eigenvalue weighted by atomic mass is 9.92. The number of aliphatic hydroxyl groups is 1.